The van der Waals surface area contributed by atoms with E-state index in [2.05, 4.69) is 27.4 Å². The monoisotopic (exact) mass is 415 g/mol. The molecule has 158 valence electrons. The van der Waals surface area contributed by atoms with Crippen molar-refractivity contribution >= 4 is 5.65 Å². The lowest BCUT2D eigenvalue weighted by atomic mass is 9.95. The Balaban J connectivity index is 1.68. The first-order chi connectivity index (χ1) is 14.4. The number of hydrogen-bond acceptors (Lipinski definition) is 4. The summed E-state index contributed by atoms with van der Waals surface area (Å²) in [6, 6.07) is 11.8. The third-order valence-electron chi connectivity index (χ3n) is 5.50. The topological polar surface area (TPSA) is 54.2 Å². The number of aromatic nitrogens is 3. The normalized spacial score (nSPS) is 18.3. The van der Waals surface area contributed by atoms with Gasteiger partial charge in [0.2, 0.25) is 0 Å². The van der Waals surface area contributed by atoms with Gasteiger partial charge < -0.3 is 10.6 Å². The zero-order valence-electron chi connectivity index (χ0n) is 16.5. The fourth-order valence-electron chi connectivity index (χ4n) is 3.86. The quantitative estimate of drug-likeness (QED) is 0.636. The van der Waals surface area contributed by atoms with Crippen LogP contribution in [0.3, 0.4) is 0 Å². The molecule has 3 heterocycles. The number of halogens is 3. The van der Waals surface area contributed by atoms with Gasteiger partial charge in [0.25, 0.3) is 0 Å². The standard InChI is InChI=1S/C22H24F3N5/c1-15(17-8-5-11-26-13-17)27-19(12-16-6-3-2-4-7-16)21-29-28-20-10-9-18(14-30(20)21)22(23,24)25/h2-4,6-7,9-10,14,17,19,26-27H,1,5,8,11-13H2/t17?,19-/m1/s1. The highest BCUT2D eigenvalue weighted by Gasteiger charge is 2.32. The molecule has 1 saturated heterocycles. The smallest absolute Gasteiger partial charge is 0.378 e. The molecule has 4 rings (SSSR count). The average Bonchev–Trinajstić information content (AvgIpc) is 3.17. The first kappa shape index (κ1) is 20.4. The molecule has 0 saturated carbocycles. The Morgan fingerprint density at radius 3 is 2.70 bits per heavy atom. The first-order valence-corrected chi connectivity index (χ1v) is 10.0. The lowest BCUT2D eigenvalue weighted by Crippen LogP contribution is -2.36. The summed E-state index contributed by atoms with van der Waals surface area (Å²) < 4.78 is 41.2. The Morgan fingerprint density at radius 2 is 2.00 bits per heavy atom. The minimum atomic E-state index is -4.44. The summed E-state index contributed by atoms with van der Waals surface area (Å²) >= 11 is 0. The second-order valence-electron chi connectivity index (χ2n) is 7.66. The van der Waals surface area contributed by atoms with Gasteiger partial charge in [0, 0.05) is 24.4 Å². The van der Waals surface area contributed by atoms with E-state index in [0.29, 0.717) is 17.9 Å². The molecule has 0 bridgehead atoms. The molecule has 0 aliphatic carbocycles. The highest BCUT2D eigenvalue weighted by Crippen LogP contribution is 2.30. The second kappa shape index (κ2) is 8.47. The summed E-state index contributed by atoms with van der Waals surface area (Å²) in [5.74, 6) is 0.701. The summed E-state index contributed by atoms with van der Waals surface area (Å²) in [7, 11) is 0. The molecule has 0 amide bonds. The number of rotatable bonds is 6. The third-order valence-corrected chi connectivity index (χ3v) is 5.50. The average molecular weight is 415 g/mol. The van der Waals surface area contributed by atoms with Crippen molar-refractivity contribution in [2.75, 3.05) is 13.1 Å². The van der Waals surface area contributed by atoms with Gasteiger partial charge in [-0.1, -0.05) is 36.9 Å². The molecule has 2 aromatic heterocycles. The fraction of sp³-hybridized carbons (Fsp3) is 0.364. The van der Waals surface area contributed by atoms with Crippen LogP contribution in [0.2, 0.25) is 0 Å². The summed E-state index contributed by atoms with van der Waals surface area (Å²) in [5.41, 5.74) is 1.56. The molecular formula is C22H24F3N5. The zero-order chi connectivity index (χ0) is 21.1. The lowest BCUT2D eigenvalue weighted by Gasteiger charge is -2.28. The van der Waals surface area contributed by atoms with Gasteiger partial charge in [-0.05, 0) is 43.5 Å². The van der Waals surface area contributed by atoms with Crippen molar-refractivity contribution in [2.24, 2.45) is 5.92 Å². The molecule has 3 aromatic rings. The van der Waals surface area contributed by atoms with E-state index in [4.69, 9.17) is 0 Å². The Bertz CT molecular complexity index is 1010. The Labute approximate surface area is 173 Å². The molecule has 1 aliphatic rings. The maximum absolute atomic E-state index is 13.3. The van der Waals surface area contributed by atoms with Gasteiger partial charge >= 0.3 is 6.18 Å². The number of alkyl halides is 3. The molecule has 30 heavy (non-hydrogen) atoms. The predicted octanol–water partition coefficient (Wildman–Crippen LogP) is 4.13. The fourth-order valence-corrected chi connectivity index (χ4v) is 3.86. The predicted molar refractivity (Wildman–Crippen MR) is 109 cm³/mol. The number of piperidine rings is 1. The van der Waals surface area contributed by atoms with Gasteiger partial charge in [-0.2, -0.15) is 13.2 Å². The SMILES string of the molecule is C=C(N[C@H](Cc1ccccc1)c1nnc2ccc(C(F)(F)F)cn12)C1CCCNC1. The number of fused-ring (bicyclic) bond motifs is 1. The Hall–Kier alpha value is -2.87. The largest absolute Gasteiger partial charge is 0.417 e. The molecular weight excluding hydrogens is 391 g/mol. The number of nitrogens with zero attached hydrogens (tertiary/aromatic N) is 3. The maximum Gasteiger partial charge on any atom is 0.417 e. The molecule has 5 nitrogen and oxygen atoms in total. The van der Waals surface area contributed by atoms with E-state index in [9.17, 15) is 13.2 Å². The van der Waals surface area contributed by atoms with Crippen LogP contribution in [-0.2, 0) is 12.6 Å². The molecule has 1 aliphatic heterocycles. The van der Waals surface area contributed by atoms with Crippen molar-refractivity contribution < 1.29 is 13.2 Å². The van der Waals surface area contributed by atoms with Crippen molar-refractivity contribution in [1.82, 2.24) is 25.2 Å². The van der Waals surface area contributed by atoms with Gasteiger partial charge in [-0.3, -0.25) is 4.40 Å². The van der Waals surface area contributed by atoms with E-state index in [1.807, 2.05) is 30.3 Å². The second-order valence-corrected chi connectivity index (χ2v) is 7.66. The molecule has 2 atom stereocenters. The van der Waals surface area contributed by atoms with Crippen LogP contribution in [0.1, 0.15) is 35.8 Å². The Kier molecular flexibility index (Phi) is 5.76. The lowest BCUT2D eigenvalue weighted by molar-refractivity contribution is -0.137. The number of hydrogen-bond donors (Lipinski definition) is 2. The number of nitrogens with one attached hydrogen (secondary N) is 2. The summed E-state index contributed by atoms with van der Waals surface area (Å²) in [6.07, 6.45) is -0.727. The maximum atomic E-state index is 13.3. The third kappa shape index (κ3) is 4.48. The van der Waals surface area contributed by atoms with E-state index in [0.717, 1.165) is 49.5 Å². The highest BCUT2D eigenvalue weighted by molar-refractivity contribution is 5.41. The molecule has 1 fully saturated rings. The zero-order valence-corrected chi connectivity index (χ0v) is 16.5. The minimum absolute atomic E-state index is 0.266. The minimum Gasteiger partial charge on any atom is -0.378 e. The van der Waals surface area contributed by atoms with Crippen LogP contribution in [0.15, 0.2) is 60.9 Å². The molecule has 0 radical (unpaired) electrons. The molecule has 8 heteroatoms. The van der Waals surface area contributed by atoms with Gasteiger partial charge in [0.1, 0.15) is 0 Å². The van der Waals surface area contributed by atoms with Crippen molar-refractivity contribution in [1.29, 1.82) is 0 Å². The van der Waals surface area contributed by atoms with Crippen LogP contribution >= 0.6 is 0 Å². The highest BCUT2D eigenvalue weighted by atomic mass is 19.4. The summed E-state index contributed by atoms with van der Waals surface area (Å²) in [6.45, 7) is 6.05. The van der Waals surface area contributed by atoms with Crippen molar-refractivity contribution in [2.45, 2.75) is 31.5 Å². The van der Waals surface area contributed by atoms with Crippen LogP contribution < -0.4 is 10.6 Å². The Morgan fingerprint density at radius 1 is 1.20 bits per heavy atom. The van der Waals surface area contributed by atoms with Crippen molar-refractivity contribution in [3.8, 4) is 0 Å². The van der Waals surface area contributed by atoms with Gasteiger partial charge in [-0.25, -0.2) is 0 Å². The van der Waals surface area contributed by atoms with Gasteiger partial charge in [0.05, 0.1) is 11.6 Å². The van der Waals surface area contributed by atoms with Crippen LogP contribution in [0.4, 0.5) is 13.2 Å². The first-order valence-electron chi connectivity index (χ1n) is 10.0. The molecule has 2 N–H and O–H groups in total. The van der Waals surface area contributed by atoms with E-state index in [-0.39, 0.29) is 12.0 Å². The van der Waals surface area contributed by atoms with Crippen molar-refractivity contribution in [3.05, 3.63) is 77.9 Å². The summed E-state index contributed by atoms with van der Waals surface area (Å²) in [4.78, 5) is 0. The molecule has 0 spiro atoms. The summed E-state index contributed by atoms with van der Waals surface area (Å²) in [5, 5.41) is 15.1. The van der Waals surface area contributed by atoms with E-state index in [1.165, 1.54) is 10.5 Å². The van der Waals surface area contributed by atoms with Crippen LogP contribution in [-0.4, -0.2) is 27.7 Å². The van der Waals surface area contributed by atoms with E-state index in [1.54, 1.807) is 0 Å². The van der Waals surface area contributed by atoms with Crippen LogP contribution in [0.5, 0.6) is 0 Å². The van der Waals surface area contributed by atoms with Crippen molar-refractivity contribution in [3.63, 3.8) is 0 Å². The van der Waals surface area contributed by atoms with E-state index < -0.39 is 11.7 Å². The number of benzene rings is 1. The van der Waals surface area contributed by atoms with Gasteiger partial charge in [0.15, 0.2) is 11.5 Å². The van der Waals surface area contributed by atoms with E-state index >= 15 is 0 Å². The van der Waals surface area contributed by atoms with Crippen LogP contribution in [0, 0.1) is 5.92 Å². The van der Waals surface area contributed by atoms with Crippen LogP contribution in [0.25, 0.3) is 5.65 Å². The number of pyridine rings is 1. The van der Waals surface area contributed by atoms with Gasteiger partial charge in [-0.15, -0.1) is 10.2 Å². The molecule has 1 unspecified atom stereocenters. The molecule has 1 aromatic carbocycles.